The Bertz CT molecular complexity index is 974. The topological polar surface area (TPSA) is 88.7 Å². The number of carbonyl (C=O) groups is 1. The van der Waals surface area contributed by atoms with Gasteiger partial charge in [0.1, 0.15) is 11.4 Å². The number of nitrogens with zero attached hydrogens (tertiary/aromatic N) is 2. The molecule has 0 saturated carbocycles. The van der Waals surface area contributed by atoms with Gasteiger partial charge in [0.15, 0.2) is 0 Å². The quantitative estimate of drug-likeness (QED) is 0.686. The first-order valence-electron chi connectivity index (χ1n) is 10.8. The number of primary amides is 1. The van der Waals surface area contributed by atoms with Crippen LogP contribution in [0.2, 0.25) is 0 Å². The molecule has 1 amide bonds. The Morgan fingerprint density at radius 1 is 1.50 bits per heavy atom. The first-order valence-corrected chi connectivity index (χ1v) is 10.8. The Kier molecular flexibility index (Phi) is 5.80. The Morgan fingerprint density at radius 2 is 2.30 bits per heavy atom. The van der Waals surface area contributed by atoms with E-state index in [0.29, 0.717) is 29.5 Å². The molecule has 3 aliphatic rings. The van der Waals surface area contributed by atoms with Crippen molar-refractivity contribution in [1.29, 1.82) is 0 Å². The second-order valence-corrected chi connectivity index (χ2v) is 8.54. The summed E-state index contributed by atoms with van der Waals surface area (Å²) in [6.45, 7) is 7.96. The summed E-state index contributed by atoms with van der Waals surface area (Å²) in [6.07, 6.45) is 4.85. The molecule has 5 atom stereocenters. The van der Waals surface area contributed by atoms with Gasteiger partial charge in [-0.15, -0.1) is 6.58 Å². The molecule has 160 valence electrons. The van der Waals surface area contributed by atoms with Crippen molar-refractivity contribution in [2.75, 3.05) is 20.2 Å². The predicted molar refractivity (Wildman–Crippen MR) is 118 cm³/mol. The van der Waals surface area contributed by atoms with Gasteiger partial charge in [-0.3, -0.25) is 9.69 Å². The van der Waals surface area contributed by atoms with Crippen LogP contribution in [0.4, 0.5) is 0 Å². The summed E-state index contributed by atoms with van der Waals surface area (Å²) in [5, 5.41) is 12.5. The first-order chi connectivity index (χ1) is 14.5. The van der Waals surface area contributed by atoms with E-state index in [1.807, 2.05) is 18.2 Å². The smallest absolute Gasteiger partial charge is 0.267 e. The highest BCUT2D eigenvalue weighted by atomic mass is 16.5. The van der Waals surface area contributed by atoms with Crippen LogP contribution in [0.25, 0.3) is 10.9 Å². The molecule has 3 aliphatic heterocycles. The third-order valence-corrected chi connectivity index (χ3v) is 6.88. The lowest BCUT2D eigenvalue weighted by Gasteiger charge is -2.50. The molecular weight excluding hydrogens is 378 g/mol. The maximum atomic E-state index is 12.3. The minimum atomic E-state index is -0.726. The second kappa shape index (κ2) is 8.36. The fourth-order valence-electron chi connectivity index (χ4n) is 5.38. The molecule has 2 unspecified atom stereocenters. The normalized spacial score (nSPS) is 26.5. The van der Waals surface area contributed by atoms with Crippen LogP contribution in [0.1, 0.15) is 53.9 Å². The van der Waals surface area contributed by atoms with E-state index in [9.17, 15) is 9.90 Å². The number of aliphatic hydroxyl groups excluding tert-OH is 1. The van der Waals surface area contributed by atoms with E-state index in [0.717, 1.165) is 48.9 Å². The number of methoxy groups -OCH3 is 1. The third kappa shape index (κ3) is 3.48. The number of ether oxygens (including phenoxy) is 1. The Balaban J connectivity index is 1.87. The van der Waals surface area contributed by atoms with E-state index in [1.165, 1.54) is 0 Å². The van der Waals surface area contributed by atoms with Crippen LogP contribution in [-0.4, -0.2) is 47.1 Å². The van der Waals surface area contributed by atoms with Gasteiger partial charge in [0.2, 0.25) is 0 Å². The Hall–Kier alpha value is -2.44. The lowest BCUT2D eigenvalue weighted by atomic mass is 9.73. The molecule has 3 saturated heterocycles. The highest BCUT2D eigenvalue weighted by molar-refractivity contribution is 5.97. The fraction of sp³-hybridized carbons (Fsp3) is 0.500. The van der Waals surface area contributed by atoms with Gasteiger partial charge in [-0.1, -0.05) is 19.4 Å². The molecule has 1 aromatic heterocycles. The van der Waals surface area contributed by atoms with Gasteiger partial charge in [-0.25, -0.2) is 4.98 Å². The summed E-state index contributed by atoms with van der Waals surface area (Å²) in [6, 6.07) is 5.56. The number of carbonyl (C=O) groups excluding carboxylic acids is 1. The lowest BCUT2D eigenvalue weighted by molar-refractivity contribution is -0.0447. The first kappa shape index (κ1) is 20.8. The van der Waals surface area contributed by atoms with Gasteiger partial charge in [0, 0.05) is 18.0 Å². The van der Waals surface area contributed by atoms with E-state index >= 15 is 0 Å². The van der Waals surface area contributed by atoms with E-state index in [1.54, 1.807) is 7.11 Å². The van der Waals surface area contributed by atoms with Gasteiger partial charge < -0.3 is 15.6 Å². The number of amides is 1. The monoisotopic (exact) mass is 409 g/mol. The summed E-state index contributed by atoms with van der Waals surface area (Å²) in [5.41, 5.74) is 8.17. The highest BCUT2D eigenvalue weighted by Crippen LogP contribution is 2.43. The lowest BCUT2D eigenvalue weighted by Crippen LogP contribution is -2.55. The van der Waals surface area contributed by atoms with Gasteiger partial charge in [0.05, 0.1) is 18.7 Å². The Labute approximate surface area is 177 Å². The van der Waals surface area contributed by atoms with Gasteiger partial charge in [-0.05, 0) is 67.0 Å². The molecule has 0 spiro atoms. The van der Waals surface area contributed by atoms with Crippen LogP contribution in [0.3, 0.4) is 0 Å². The zero-order valence-corrected chi connectivity index (χ0v) is 17.8. The standard InChI is InChI=1S/C24H31N3O3/c1-4-6-17-21(23(28)20-11-15-9-10-27(20)13-14(15)5-2)18-12-16(30-3)7-8-19(18)26-22(17)24(25)29/h5,7-8,12,14-15,20,23,28H,2,4,6,9-11,13H2,1,3H3,(H2,25,29)/t14-,15?,20-,23-/m0/s1. The predicted octanol–water partition coefficient (Wildman–Crippen LogP) is 3.22. The number of piperidine rings is 3. The minimum absolute atomic E-state index is 0.00748. The summed E-state index contributed by atoms with van der Waals surface area (Å²) in [7, 11) is 1.62. The van der Waals surface area contributed by atoms with Crippen LogP contribution < -0.4 is 10.5 Å². The number of benzene rings is 1. The largest absolute Gasteiger partial charge is 0.497 e. The summed E-state index contributed by atoms with van der Waals surface area (Å²) in [4.78, 5) is 19.2. The molecular formula is C24H31N3O3. The van der Waals surface area contributed by atoms with Gasteiger partial charge >= 0.3 is 0 Å². The summed E-state index contributed by atoms with van der Waals surface area (Å²) >= 11 is 0. The maximum Gasteiger partial charge on any atom is 0.267 e. The minimum Gasteiger partial charge on any atom is -0.497 e. The molecule has 6 nitrogen and oxygen atoms in total. The Morgan fingerprint density at radius 3 is 2.90 bits per heavy atom. The molecule has 3 fully saturated rings. The average Bonchev–Trinajstić information content (AvgIpc) is 2.77. The molecule has 6 heteroatoms. The summed E-state index contributed by atoms with van der Waals surface area (Å²) < 4.78 is 5.44. The summed E-state index contributed by atoms with van der Waals surface area (Å²) in [5.74, 6) is 1.17. The van der Waals surface area contributed by atoms with E-state index in [-0.39, 0.29) is 11.7 Å². The molecule has 1 aromatic carbocycles. The van der Waals surface area contributed by atoms with Crippen molar-refractivity contribution in [3.05, 3.63) is 47.7 Å². The van der Waals surface area contributed by atoms with Crippen LogP contribution in [-0.2, 0) is 6.42 Å². The van der Waals surface area contributed by atoms with Crippen LogP contribution in [0.5, 0.6) is 5.75 Å². The van der Waals surface area contributed by atoms with Crippen LogP contribution in [0.15, 0.2) is 30.9 Å². The van der Waals surface area contributed by atoms with E-state index in [4.69, 9.17) is 10.5 Å². The number of fused-ring (bicyclic) bond motifs is 4. The molecule has 2 aromatic rings. The number of nitrogens with two attached hydrogens (primary N) is 1. The average molecular weight is 410 g/mol. The van der Waals surface area contributed by atoms with Crippen LogP contribution in [0, 0.1) is 11.8 Å². The molecule has 4 heterocycles. The number of rotatable bonds is 7. The zero-order chi connectivity index (χ0) is 21.4. The van der Waals surface area contributed by atoms with Crippen molar-refractivity contribution in [1.82, 2.24) is 9.88 Å². The van der Waals surface area contributed by atoms with E-state index < -0.39 is 12.0 Å². The van der Waals surface area contributed by atoms with Crippen molar-refractivity contribution in [2.24, 2.45) is 17.6 Å². The third-order valence-electron chi connectivity index (χ3n) is 6.88. The zero-order valence-electron chi connectivity index (χ0n) is 17.8. The fourth-order valence-corrected chi connectivity index (χ4v) is 5.38. The van der Waals surface area contributed by atoms with Crippen molar-refractivity contribution < 1.29 is 14.6 Å². The van der Waals surface area contributed by atoms with Crippen molar-refractivity contribution in [2.45, 2.75) is 44.8 Å². The van der Waals surface area contributed by atoms with Gasteiger partial charge in [0.25, 0.3) is 5.91 Å². The molecule has 0 radical (unpaired) electrons. The molecule has 5 rings (SSSR count). The molecule has 3 N–H and O–H groups in total. The van der Waals surface area contributed by atoms with Gasteiger partial charge in [-0.2, -0.15) is 0 Å². The number of aliphatic hydroxyl groups is 1. The number of hydrogen-bond acceptors (Lipinski definition) is 5. The van der Waals surface area contributed by atoms with E-state index in [2.05, 4.69) is 29.5 Å². The highest BCUT2D eigenvalue weighted by Gasteiger charge is 2.43. The molecule has 30 heavy (non-hydrogen) atoms. The number of pyridine rings is 1. The molecule has 0 aliphatic carbocycles. The maximum absolute atomic E-state index is 12.3. The number of aromatic nitrogens is 1. The SMILES string of the molecule is C=C[C@H]1CN2CCC1C[C@H]2[C@H](O)c1c(CCC)c(C(N)=O)nc2ccc(OC)cc12. The van der Waals surface area contributed by atoms with Crippen molar-refractivity contribution in [3.63, 3.8) is 0 Å². The molecule has 2 bridgehead atoms. The second-order valence-electron chi connectivity index (χ2n) is 8.54. The number of hydrogen-bond donors (Lipinski definition) is 2. The van der Waals surface area contributed by atoms with Crippen molar-refractivity contribution >= 4 is 16.8 Å². The van der Waals surface area contributed by atoms with Crippen molar-refractivity contribution in [3.8, 4) is 5.75 Å². The van der Waals surface area contributed by atoms with Crippen LogP contribution >= 0.6 is 0 Å².